The predicted octanol–water partition coefficient (Wildman–Crippen LogP) is 9.87. The molecule has 4 nitrogen and oxygen atoms in total. The lowest BCUT2D eigenvalue weighted by atomic mass is 9.82. The average molecular weight is 607 g/mol. The second-order valence-electron chi connectivity index (χ2n) is 13.5. The Labute approximate surface area is 264 Å². The van der Waals surface area contributed by atoms with E-state index in [4.69, 9.17) is 13.9 Å². The number of hydrogen-bond acceptors (Lipinski definition) is 4. The van der Waals surface area contributed by atoms with Gasteiger partial charge in [-0.25, -0.2) is 0 Å². The monoisotopic (exact) mass is 606 g/mol. The number of aliphatic hydroxyl groups excluding tert-OH is 1. The predicted molar refractivity (Wildman–Crippen MR) is 186 cm³/mol. The summed E-state index contributed by atoms with van der Waals surface area (Å²) in [6.45, 7) is 22.8. The second-order valence-corrected chi connectivity index (χ2v) is 18.3. The average Bonchev–Trinajstić information content (AvgIpc) is 2.97. The quantitative estimate of drug-likeness (QED) is 0.104. The zero-order valence-electron chi connectivity index (χ0n) is 28.3. The Morgan fingerprint density at radius 3 is 2.14 bits per heavy atom. The fraction of sp³-hybridized carbons (Fsp3) is 0.526. The summed E-state index contributed by atoms with van der Waals surface area (Å²) in [5, 5.41) is 11.2. The largest absolute Gasteiger partial charge is 0.497 e. The molecule has 5 heteroatoms. The molecule has 0 spiro atoms. The summed E-state index contributed by atoms with van der Waals surface area (Å²) < 4.78 is 18.9. The van der Waals surface area contributed by atoms with Gasteiger partial charge in [-0.2, -0.15) is 0 Å². The van der Waals surface area contributed by atoms with Crippen LogP contribution in [0.2, 0.25) is 18.1 Å². The molecule has 2 aromatic carbocycles. The molecule has 1 N–H and O–H groups in total. The third kappa shape index (κ3) is 12.2. The second kappa shape index (κ2) is 17.8. The smallest absolute Gasteiger partial charge is 0.192 e. The van der Waals surface area contributed by atoms with E-state index in [0.717, 1.165) is 29.7 Å². The zero-order chi connectivity index (χ0) is 32.0. The van der Waals surface area contributed by atoms with Gasteiger partial charge in [0.15, 0.2) is 8.32 Å². The van der Waals surface area contributed by atoms with Crippen LogP contribution in [-0.4, -0.2) is 38.8 Å². The zero-order valence-corrected chi connectivity index (χ0v) is 29.3. The Kier molecular flexibility index (Phi) is 15.2. The number of benzene rings is 2. The van der Waals surface area contributed by atoms with Crippen molar-refractivity contribution in [1.29, 1.82) is 0 Å². The SMILES string of the molecule is C=C[C@@H](CC)[C@H](OCc1ccc(OC)cc1)[C@H](C)C[C@@H](C)[C@H](CC(O)/C=C/C=C/c1ccccc1)O[Si](C)(C)C(C)(C)C. The number of aliphatic hydroxyl groups is 1. The van der Waals surface area contributed by atoms with Crippen molar-refractivity contribution in [3.8, 4) is 5.75 Å². The van der Waals surface area contributed by atoms with Crippen molar-refractivity contribution in [1.82, 2.24) is 0 Å². The molecule has 0 aliphatic heterocycles. The van der Waals surface area contributed by atoms with E-state index in [1.807, 2.05) is 60.7 Å². The summed E-state index contributed by atoms with van der Waals surface area (Å²) in [4.78, 5) is 0. The Morgan fingerprint density at radius 2 is 1.58 bits per heavy atom. The molecule has 238 valence electrons. The Bertz CT molecular complexity index is 1120. The van der Waals surface area contributed by atoms with E-state index in [1.165, 1.54) is 0 Å². The van der Waals surface area contributed by atoms with Gasteiger partial charge in [0, 0.05) is 12.3 Å². The first-order chi connectivity index (χ1) is 20.3. The van der Waals surface area contributed by atoms with Crippen molar-refractivity contribution in [2.24, 2.45) is 17.8 Å². The summed E-state index contributed by atoms with van der Waals surface area (Å²) in [7, 11) is -0.386. The lowest BCUT2D eigenvalue weighted by Gasteiger charge is -2.42. The standard InChI is InChI=1S/C38H58O4Si/c1-11-33(12-2)37(41-28-32-22-24-35(40-8)25-23-32)30(4)26-29(3)36(42-43(9,10)38(5,6)7)27-34(39)21-17-16-20-31-18-14-13-15-19-31/h11,13-25,29-30,33-34,36-37,39H,1,12,26-28H2,2-10H3/b20-16+,21-17+/t29-,30-,33+,34?,36+,37-/m1/s1. The lowest BCUT2D eigenvalue weighted by Crippen LogP contribution is -2.46. The third-order valence-electron chi connectivity index (χ3n) is 9.00. The van der Waals surface area contributed by atoms with Gasteiger partial charge < -0.3 is 19.0 Å². The van der Waals surface area contributed by atoms with E-state index >= 15 is 0 Å². The highest BCUT2D eigenvalue weighted by Crippen LogP contribution is 2.40. The Balaban J connectivity index is 2.18. The number of hydrogen-bond donors (Lipinski definition) is 1. The first-order valence-electron chi connectivity index (χ1n) is 15.9. The van der Waals surface area contributed by atoms with E-state index in [2.05, 4.69) is 85.5 Å². The number of rotatable bonds is 18. The van der Waals surface area contributed by atoms with Crippen LogP contribution < -0.4 is 4.74 Å². The number of ether oxygens (including phenoxy) is 2. The summed E-state index contributed by atoms with van der Waals surface area (Å²) >= 11 is 0. The van der Waals surface area contributed by atoms with Crippen LogP contribution in [0.1, 0.15) is 71.9 Å². The molecule has 0 saturated carbocycles. The van der Waals surface area contributed by atoms with Gasteiger partial charge in [-0.1, -0.05) is 114 Å². The molecule has 2 rings (SSSR count). The summed E-state index contributed by atoms with van der Waals surface area (Å²) in [5.41, 5.74) is 2.26. The van der Waals surface area contributed by atoms with Gasteiger partial charge in [-0.15, -0.1) is 6.58 Å². The van der Waals surface area contributed by atoms with Crippen molar-refractivity contribution in [3.63, 3.8) is 0 Å². The molecule has 0 heterocycles. The van der Waals surface area contributed by atoms with Gasteiger partial charge in [-0.05, 0) is 66.1 Å². The maximum absolute atomic E-state index is 11.1. The van der Waals surface area contributed by atoms with E-state index in [-0.39, 0.29) is 35.0 Å². The minimum Gasteiger partial charge on any atom is -0.497 e. The Hall–Kier alpha value is -2.44. The van der Waals surface area contributed by atoms with Crippen molar-refractivity contribution in [3.05, 3.63) is 96.6 Å². The topological polar surface area (TPSA) is 47.9 Å². The molecule has 1 unspecified atom stereocenters. The van der Waals surface area contributed by atoms with Crippen molar-refractivity contribution in [2.75, 3.05) is 7.11 Å². The summed E-state index contributed by atoms with van der Waals surface area (Å²) in [5.74, 6) is 1.62. The molecule has 2 aromatic rings. The van der Waals surface area contributed by atoms with Crippen LogP contribution in [-0.2, 0) is 15.8 Å². The van der Waals surface area contributed by atoms with Gasteiger partial charge >= 0.3 is 0 Å². The van der Waals surface area contributed by atoms with E-state index in [9.17, 15) is 5.11 Å². The van der Waals surface area contributed by atoms with Gasteiger partial charge in [0.1, 0.15) is 5.75 Å². The van der Waals surface area contributed by atoms with Crippen LogP contribution in [0.25, 0.3) is 6.08 Å². The fourth-order valence-corrected chi connectivity index (χ4v) is 6.66. The van der Waals surface area contributed by atoms with Crippen molar-refractivity contribution >= 4 is 14.4 Å². The fourth-order valence-electron chi connectivity index (χ4n) is 5.22. The summed E-state index contributed by atoms with van der Waals surface area (Å²) in [6.07, 6.45) is 11.7. The van der Waals surface area contributed by atoms with E-state index in [0.29, 0.717) is 13.0 Å². The first kappa shape index (κ1) is 36.7. The maximum Gasteiger partial charge on any atom is 0.192 e. The molecule has 6 atom stereocenters. The molecule has 0 aromatic heterocycles. The highest BCUT2D eigenvalue weighted by Gasteiger charge is 2.41. The molecular formula is C38H58O4Si. The van der Waals surface area contributed by atoms with Gasteiger partial charge in [0.25, 0.3) is 0 Å². The van der Waals surface area contributed by atoms with Gasteiger partial charge in [0.05, 0.1) is 32.0 Å². The summed E-state index contributed by atoms with van der Waals surface area (Å²) in [6, 6.07) is 18.3. The highest BCUT2D eigenvalue weighted by molar-refractivity contribution is 6.74. The molecular weight excluding hydrogens is 549 g/mol. The van der Waals surface area contributed by atoms with Crippen molar-refractivity contribution < 1.29 is 19.0 Å². The molecule has 0 bridgehead atoms. The molecule has 0 aliphatic carbocycles. The maximum atomic E-state index is 11.1. The van der Waals surface area contributed by atoms with Crippen LogP contribution in [0, 0.1) is 17.8 Å². The van der Waals surface area contributed by atoms with Crippen molar-refractivity contribution in [2.45, 2.75) is 104 Å². The third-order valence-corrected chi connectivity index (χ3v) is 13.5. The molecule has 43 heavy (non-hydrogen) atoms. The van der Waals surface area contributed by atoms with Gasteiger partial charge in [0.2, 0.25) is 0 Å². The van der Waals surface area contributed by atoms with Crippen LogP contribution in [0.5, 0.6) is 5.75 Å². The number of methoxy groups -OCH3 is 1. The van der Waals surface area contributed by atoms with Crippen LogP contribution in [0.3, 0.4) is 0 Å². The minimum absolute atomic E-state index is 0.0357. The molecule has 0 amide bonds. The molecule has 0 radical (unpaired) electrons. The van der Waals surface area contributed by atoms with Crippen LogP contribution in [0.4, 0.5) is 0 Å². The minimum atomic E-state index is -2.07. The molecule has 0 aliphatic rings. The Morgan fingerprint density at radius 1 is 0.930 bits per heavy atom. The van der Waals surface area contributed by atoms with E-state index in [1.54, 1.807) is 7.11 Å². The molecule has 0 fully saturated rings. The number of allylic oxidation sites excluding steroid dienone is 2. The van der Waals surface area contributed by atoms with E-state index < -0.39 is 14.4 Å². The van der Waals surface area contributed by atoms with Crippen LogP contribution >= 0.6 is 0 Å². The highest BCUT2D eigenvalue weighted by atomic mass is 28.4. The van der Waals surface area contributed by atoms with Crippen LogP contribution in [0.15, 0.2) is 85.5 Å². The normalized spacial score (nSPS) is 17.0. The van der Waals surface area contributed by atoms with Gasteiger partial charge in [-0.3, -0.25) is 0 Å². The lowest BCUT2D eigenvalue weighted by molar-refractivity contribution is -0.0338. The molecule has 0 saturated heterocycles. The first-order valence-corrected chi connectivity index (χ1v) is 18.8.